The van der Waals surface area contributed by atoms with Gasteiger partial charge in [0.2, 0.25) is 5.91 Å². The lowest BCUT2D eigenvalue weighted by Crippen LogP contribution is -2.55. The van der Waals surface area contributed by atoms with Crippen LogP contribution in [0.1, 0.15) is 19.3 Å². The number of nitrogens with zero attached hydrogens (tertiary/aromatic N) is 3. The van der Waals surface area contributed by atoms with Gasteiger partial charge in [-0.15, -0.1) is 0 Å². The van der Waals surface area contributed by atoms with E-state index in [4.69, 9.17) is 5.26 Å². The highest BCUT2D eigenvalue weighted by Gasteiger charge is 2.40. The molecule has 1 saturated carbocycles. The van der Waals surface area contributed by atoms with Gasteiger partial charge in [-0.25, -0.2) is 0 Å². The summed E-state index contributed by atoms with van der Waals surface area (Å²) in [4.78, 5) is 14.6. The zero-order valence-electron chi connectivity index (χ0n) is 9.78. The molecule has 18 heavy (non-hydrogen) atoms. The van der Waals surface area contributed by atoms with Crippen molar-refractivity contribution in [3.63, 3.8) is 0 Å². The molecule has 100 valence electrons. The van der Waals surface area contributed by atoms with Crippen molar-refractivity contribution >= 4 is 5.91 Å². The monoisotopic (exact) mass is 261 g/mol. The third-order valence-electron chi connectivity index (χ3n) is 3.29. The number of hydrogen-bond donors (Lipinski definition) is 0. The third kappa shape index (κ3) is 3.13. The first-order valence-electron chi connectivity index (χ1n) is 5.90. The molecular formula is C11H14F3N3O. The summed E-state index contributed by atoms with van der Waals surface area (Å²) >= 11 is 0. The number of hydrogen-bond acceptors (Lipinski definition) is 3. The van der Waals surface area contributed by atoms with Crippen LogP contribution in [0.15, 0.2) is 0 Å². The molecule has 2 rings (SSSR count). The number of alkyl halides is 3. The maximum absolute atomic E-state index is 12.1. The zero-order valence-corrected chi connectivity index (χ0v) is 9.78. The van der Waals surface area contributed by atoms with E-state index in [1.54, 1.807) is 0 Å². The standard InChI is InChI=1S/C11H14F3N3O/c12-11(13,14)5-10(18)16-3-4-17(8-1-2-8)9(6-15)7-16/h8-9H,1-5,7H2. The summed E-state index contributed by atoms with van der Waals surface area (Å²) in [6, 6.07) is 1.99. The van der Waals surface area contributed by atoms with Crippen LogP contribution in [-0.2, 0) is 4.79 Å². The van der Waals surface area contributed by atoms with E-state index in [0.717, 1.165) is 17.7 Å². The molecule has 2 aliphatic rings. The molecule has 0 bridgehead atoms. The predicted octanol–water partition coefficient (Wildman–Crippen LogP) is 1.14. The fourth-order valence-corrected chi connectivity index (χ4v) is 2.26. The van der Waals surface area contributed by atoms with Crippen LogP contribution in [0.3, 0.4) is 0 Å². The van der Waals surface area contributed by atoms with Crippen molar-refractivity contribution in [2.24, 2.45) is 0 Å². The average molecular weight is 261 g/mol. The summed E-state index contributed by atoms with van der Waals surface area (Å²) in [5, 5.41) is 9.02. The van der Waals surface area contributed by atoms with Gasteiger partial charge in [0, 0.05) is 25.7 Å². The minimum Gasteiger partial charge on any atom is -0.338 e. The van der Waals surface area contributed by atoms with E-state index in [9.17, 15) is 18.0 Å². The van der Waals surface area contributed by atoms with Crippen LogP contribution in [0.5, 0.6) is 0 Å². The number of carbonyl (C=O) groups is 1. The molecule has 0 aromatic heterocycles. The lowest BCUT2D eigenvalue weighted by atomic mass is 10.1. The molecule has 0 aromatic carbocycles. The first-order chi connectivity index (χ1) is 8.40. The van der Waals surface area contributed by atoms with Crippen molar-refractivity contribution in [2.45, 2.75) is 37.5 Å². The highest BCUT2D eigenvalue weighted by atomic mass is 19.4. The van der Waals surface area contributed by atoms with E-state index in [2.05, 4.69) is 6.07 Å². The first kappa shape index (κ1) is 13.1. The number of nitriles is 1. The summed E-state index contributed by atoms with van der Waals surface area (Å²) in [5.41, 5.74) is 0. The molecule has 1 atom stereocenters. The molecule has 1 saturated heterocycles. The van der Waals surface area contributed by atoms with Crippen molar-refractivity contribution in [3.8, 4) is 6.07 Å². The second-order valence-corrected chi connectivity index (χ2v) is 4.75. The van der Waals surface area contributed by atoms with Gasteiger partial charge in [0.25, 0.3) is 0 Å². The Balaban J connectivity index is 1.93. The molecule has 1 aliphatic heterocycles. The smallest absolute Gasteiger partial charge is 0.338 e. The first-order valence-corrected chi connectivity index (χ1v) is 5.90. The fourth-order valence-electron chi connectivity index (χ4n) is 2.26. The summed E-state index contributed by atoms with van der Waals surface area (Å²) in [5.74, 6) is -0.932. The third-order valence-corrected chi connectivity index (χ3v) is 3.29. The molecule has 7 heteroatoms. The zero-order chi connectivity index (χ0) is 13.3. The Morgan fingerprint density at radius 3 is 2.50 bits per heavy atom. The summed E-state index contributed by atoms with van der Waals surface area (Å²) in [7, 11) is 0. The molecule has 0 spiro atoms. The van der Waals surface area contributed by atoms with E-state index >= 15 is 0 Å². The SMILES string of the molecule is N#CC1CN(C(=O)CC(F)(F)F)CCN1C1CC1. The average Bonchev–Trinajstić information content (AvgIpc) is 3.09. The van der Waals surface area contributed by atoms with E-state index in [1.807, 2.05) is 4.90 Å². The second kappa shape index (κ2) is 4.76. The summed E-state index contributed by atoms with van der Waals surface area (Å²) < 4.78 is 36.4. The molecule has 0 radical (unpaired) electrons. The molecule has 1 unspecified atom stereocenters. The molecule has 1 heterocycles. The Kier molecular flexibility index (Phi) is 3.48. The molecule has 2 fully saturated rings. The van der Waals surface area contributed by atoms with Gasteiger partial charge in [-0.2, -0.15) is 18.4 Å². The van der Waals surface area contributed by atoms with Crippen LogP contribution in [-0.4, -0.2) is 53.6 Å². The Labute approximate surface area is 103 Å². The summed E-state index contributed by atoms with van der Waals surface area (Å²) in [6.45, 7) is 0.859. The molecule has 0 N–H and O–H groups in total. The molecular weight excluding hydrogens is 247 g/mol. The van der Waals surface area contributed by atoms with Crippen LogP contribution in [0.4, 0.5) is 13.2 Å². The number of rotatable bonds is 2. The lowest BCUT2D eigenvalue weighted by molar-refractivity contribution is -0.163. The van der Waals surface area contributed by atoms with Gasteiger partial charge < -0.3 is 4.90 Å². The molecule has 1 amide bonds. The van der Waals surface area contributed by atoms with Crippen molar-refractivity contribution in [3.05, 3.63) is 0 Å². The Morgan fingerprint density at radius 1 is 1.33 bits per heavy atom. The van der Waals surface area contributed by atoms with E-state index < -0.39 is 24.5 Å². The van der Waals surface area contributed by atoms with Gasteiger partial charge in [-0.3, -0.25) is 9.69 Å². The van der Waals surface area contributed by atoms with Gasteiger partial charge in [0.1, 0.15) is 12.5 Å². The van der Waals surface area contributed by atoms with Crippen LogP contribution in [0.25, 0.3) is 0 Å². The highest BCUT2D eigenvalue weighted by Crippen LogP contribution is 2.30. The van der Waals surface area contributed by atoms with Crippen molar-refractivity contribution in [2.75, 3.05) is 19.6 Å². The van der Waals surface area contributed by atoms with E-state index in [-0.39, 0.29) is 13.1 Å². The van der Waals surface area contributed by atoms with Gasteiger partial charge in [0.05, 0.1) is 6.07 Å². The van der Waals surface area contributed by atoms with Crippen molar-refractivity contribution in [1.29, 1.82) is 5.26 Å². The lowest BCUT2D eigenvalue weighted by Gasteiger charge is -2.38. The topological polar surface area (TPSA) is 47.3 Å². The maximum atomic E-state index is 12.1. The van der Waals surface area contributed by atoms with Crippen LogP contribution >= 0.6 is 0 Å². The van der Waals surface area contributed by atoms with Gasteiger partial charge >= 0.3 is 6.18 Å². The van der Waals surface area contributed by atoms with E-state index in [0.29, 0.717) is 12.6 Å². The Morgan fingerprint density at radius 2 is 2.00 bits per heavy atom. The molecule has 0 aromatic rings. The van der Waals surface area contributed by atoms with Crippen LogP contribution in [0, 0.1) is 11.3 Å². The van der Waals surface area contributed by atoms with Gasteiger partial charge in [0.15, 0.2) is 0 Å². The summed E-state index contributed by atoms with van der Waals surface area (Å²) in [6.07, 6.45) is -3.84. The van der Waals surface area contributed by atoms with Crippen molar-refractivity contribution in [1.82, 2.24) is 9.80 Å². The normalized spacial score (nSPS) is 25.9. The van der Waals surface area contributed by atoms with Gasteiger partial charge in [-0.05, 0) is 12.8 Å². The molecule has 1 aliphatic carbocycles. The number of piperazine rings is 1. The van der Waals surface area contributed by atoms with Crippen LogP contribution < -0.4 is 0 Å². The van der Waals surface area contributed by atoms with Crippen molar-refractivity contribution < 1.29 is 18.0 Å². The predicted molar refractivity (Wildman–Crippen MR) is 56.4 cm³/mol. The Bertz CT molecular complexity index is 373. The number of halogens is 3. The number of carbonyl (C=O) groups excluding carboxylic acids is 1. The second-order valence-electron chi connectivity index (χ2n) is 4.75. The quantitative estimate of drug-likeness (QED) is 0.749. The molecule has 4 nitrogen and oxygen atoms in total. The fraction of sp³-hybridized carbons (Fsp3) is 0.818. The number of amides is 1. The maximum Gasteiger partial charge on any atom is 0.397 e. The largest absolute Gasteiger partial charge is 0.397 e. The Hall–Kier alpha value is -1.29. The van der Waals surface area contributed by atoms with Crippen LogP contribution in [0.2, 0.25) is 0 Å². The van der Waals surface area contributed by atoms with Gasteiger partial charge in [-0.1, -0.05) is 0 Å². The van der Waals surface area contributed by atoms with E-state index in [1.165, 1.54) is 0 Å². The minimum atomic E-state index is -4.48. The minimum absolute atomic E-state index is 0.0852. The highest BCUT2D eigenvalue weighted by molar-refractivity contribution is 5.77.